The van der Waals surface area contributed by atoms with Crippen molar-refractivity contribution in [3.8, 4) is 0 Å². The SMILES string of the molecule is O=C([O-])CBr.O=C([O-])CBr.[Cu+2].c1cnc2c(c1)ccc1cccnc12. The molecule has 2 heterocycles. The van der Waals surface area contributed by atoms with Crippen LogP contribution in [0.5, 0.6) is 0 Å². The van der Waals surface area contributed by atoms with E-state index in [1.807, 2.05) is 12.1 Å². The molecule has 6 nitrogen and oxygen atoms in total. The molecule has 0 amide bonds. The van der Waals surface area contributed by atoms with Gasteiger partial charge in [0.25, 0.3) is 0 Å². The van der Waals surface area contributed by atoms with Crippen molar-refractivity contribution >= 4 is 65.6 Å². The summed E-state index contributed by atoms with van der Waals surface area (Å²) in [5.41, 5.74) is 1.95. The maximum atomic E-state index is 9.21. The van der Waals surface area contributed by atoms with E-state index >= 15 is 0 Å². The molecule has 0 fully saturated rings. The fourth-order valence-electron chi connectivity index (χ4n) is 1.68. The minimum atomic E-state index is -1.08. The van der Waals surface area contributed by atoms with Crippen LogP contribution in [0.25, 0.3) is 21.8 Å². The number of carbonyl (C=O) groups is 2. The number of pyridine rings is 2. The zero-order chi connectivity index (χ0) is 17.9. The number of rotatable bonds is 2. The molecule has 0 saturated heterocycles. The fraction of sp³-hybridized carbons (Fsp3) is 0.125. The number of hydrogen-bond acceptors (Lipinski definition) is 6. The quantitative estimate of drug-likeness (QED) is 0.285. The van der Waals surface area contributed by atoms with Crippen LogP contribution in [-0.4, -0.2) is 32.6 Å². The van der Waals surface area contributed by atoms with Crippen LogP contribution in [0.4, 0.5) is 0 Å². The van der Waals surface area contributed by atoms with Crippen molar-refractivity contribution in [1.29, 1.82) is 0 Å². The summed E-state index contributed by atoms with van der Waals surface area (Å²) in [5.74, 6) is -2.16. The monoisotopic (exact) mass is 517 g/mol. The molecule has 0 unspecified atom stereocenters. The molecule has 0 aliphatic carbocycles. The maximum Gasteiger partial charge on any atom is 2.00 e. The molecule has 0 N–H and O–H groups in total. The number of halogens is 2. The molecule has 3 aromatic rings. The van der Waals surface area contributed by atoms with Crippen LogP contribution in [-0.2, 0) is 26.7 Å². The third-order valence-electron chi connectivity index (χ3n) is 2.56. The summed E-state index contributed by atoms with van der Waals surface area (Å²) in [4.78, 5) is 27.1. The van der Waals surface area contributed by atoms with Gasteiger partial charge >= 0.3 is 17.1 Å². The first-order valence-corrected chi connectivity index (χ1v) is 8.84. The van der Waals surface area contributed by atoms with Crippen LogP contribution in [0.1, 0.15) is 0 Å². The van der Waals surface area contributed by atoms with Crippen LogP contribution in [0.15, 0.2) is 48.8 Å². The van der Waals surface area contributed by atoms with Crippen molar-refractivity contribution in [2.75, 3.05) is 10.7 Å². The number of fused-ring (bicyclic) bond motifs is 3. The van der Waals surface area contributed by atoms with Crippen LogP contribution in [0.3, 0.4) is 0 Å². The zero-order valence-corrected chi connectivity index (χ0v) is 16.7. The zero-order valence-electron chi connectivity index (χ0n) is 12.6. The fourth-order valence-corrected chi connectivity index (χ4v) is 1.68. The number of aliphatic carboxylic acids is 2. The molecule has 0 spiro atoms. The van der Waals surface area contributed by atoms with Gasteiger partial charge in [0.15, 0.2) is 0 Å². The summed E-state index contributed by atoms with van der Waals surface area (Å²) in [6.45, 7) is 0. The summed E-state index contributed by atoms with van der Waals surface area (Å²) >= 11 is 5.30. The number of nitrogens with zero attached hydrogens (tertiary/aromatic N) is 2. The number of benzene rings is 1. The summed E-state index contributed by atoms with van der Waals surface area (Å²) in [7, 11) is 0. The van der Waals surface area contributed by atoms with Crippen LogP contribution < -0.4 is 10.2 Å². The van der Waals surface area contributed by atoms with Gasteiger partial charge in [0.05, 0.1) is 23.0 Å². The Kier molecular flexibility index (Phi) is 12.0. The number of hydrogen-bond donors (Lipinski definition) is 0. The van der Waals surface area contributed by atoms with Gasteiger partial charge in [-0.05, 0) is 12.1 Å². The van der Waals surface area contributed by atoms with Gasteiger partial charge in [-0.25, -0.2) is 0 Å². The summed E-state index contributed by atoms with van der Waals surface area (Å²) in [5, 5.41) is 20.5. The maximum absolute atomic E-state index is 9.21. The Morgan fingerprint density at radius 1 is 0.800 bits per heavy atom. The minimum absolute atomic E-state index is 0. The van der Waals surface area contributed by atoms with E-state index in [0.717, 1.165) is 21.8 Å². The number of carboxylic acid groups (broad SMARTS) is 2. The first-order chi connectivity index (χ1) is 11.5. The predicted octanol–water partition coefficient (Wildman–Crippen LogP) is 1.04. The van der Waals surface area contributed by atoms with Crippen molar-refractivity contribution in [2.45, 2.75) is 0 Å². The van der Waals surface area contributed by atoms with E-state index in [4.69, 9.17) is 0 Å². The molecular weight excluding hydrogens is 508 g/mol. The third kappa shape index (κ3) is 8.40. The second kappa shape index (κ2) is 12.8. The van der Waals surface area contributed by atoms with E-state index in [1.165, 1.54) is 0 Å². The molecule has 0 atom stereocenters. The van der Waals surface area contributed by atoms with Crippen molar-refractivity contribution in [3.63, 3.8) is 0 Å². The minimum Gasteiger partial charge on any atom is -0.549 e. The number of carbonyl (C=O) groups excluding carboxylic acids is 2. The molecule has 0 aliphatic heterocycles. The Balaban J connectivity index is 0.000000445. The molecule has 0 saturated carbocycles. The first kappa shape index (κ1) is 23.5. The molecule has 135 valence electrons. The number of carboxylic acids is 2. The summed E-state index contributed by atoms with van der Waals surface area (Å²) in [6.07, 6.45) is 3.60. The predicted molar refractivity (Wildman–Crippen MR) is 94.6 cm³/mol. The normalized spacial score (nSPS) is 9.04. The van der Waals surface area contributed by atoms with Crippen molar-refractivity contribution in [1.82, 2.24) is 9.97 Å². The standard InChI is InChI=1S/C12H8N2.2C2H3BrO2.Cu/c1-3-9-5-6-10-4-2-8-14-12(10)11(9)13-7-1;2*3-1-2(4)5;/h1-8H;2*1H2,(H,4,5);/q;;;+2/p-2. The summed E-state index contributed by atoms with van der Waals surface area (Å²) < 4.78 is 0. The number of alkyl halides is 2. The van der Waals surface area contributed by atoms with Gasteiger partial charge in [0.2, 0.25) is 0 Å². The molecule has 9 heteroatoms. The topological polar surface area (TPSA) is 106 Å². The molecule has 0 aliphatic rings. The van der Waals surface area contributed by atoms with E-state index in [-0.39, 0.29) is 27.7 Å². The molecule has 0 bridgehead atoms. The van der Waals surface area contributed by atoms with Gasteiger partial charge < -0.3 is 19.8 Å². The van der Waals surface area contributed by atoms with Crippen molar-refractivity contribution in [3.05, 3.63) is 48.8 Å². The Bertz CT molecular complexity index is 764. The average molecular weight is 520 g/mol. The van der Waals surface area contributed by atoms with E-state index in [9.17, 15) is 19.8 Å². The van der Waals surface area contributed by atoms with E-state index in [1.54, 1.807) is 12.4 Å². The smallest absolute Gasteiger partial charge is 0.549 e. The Morgan fingerprint density at radius 3 is 1.40 bits per heavy atom. The second-order valence-corrected chi connectivity index (χ2v) is 5.35. The summed E-state index contributed by atoms with van der Waals surface area (Å²) in [6, 6.07) is 12.1. The first-order valence-electron chi connectivity index (χ1n) is 6.59. The van der Waals surface area contributed by atoms with Crippen LogP contribution in [0.2, 0.25) is 0 Å². The molecule has 1 aromatic carbocycles. The van der Waals surface area contributed by atoms with Gasteiger partial charge in [-0.2, -0.15) is 0 Å². The van der Waals surface area contributed by atoms with Gasteiger partial charge in [0.1, 0.15) is 0 Å². The van der Waals surface area contributed by atoms with E-state index in [2.05, 4.69) is 66.1 Å². The average Bonchev–Trinajstić information content (AvgIpc) is 2.62. The largest absolute Gasteiger partial charge is 2.00 e. The Labute approximate surface area is 171 Å². The van der Waals surface area contributed by atoms with Crippen molar-refractivity contribution in [2.24, 2.45) is 0 Å². The van der Waals surface area contributed by atoms with Gasteiger partial charge in [-0.3, -0.25) is 9.97 Å². The van der Waals surface area contributed by atoms with Crippen LogP contribution >= 0.6 is 31.9 Å². The van der Waals surface area contributed by atoms with E-state index < -0.39 is 11.9 Å². The molecular formula is C16H12Br2CuN2O4. The van der Waals surface area contributed by atoms with Gasteiger partial charge in [-0.1, -0.05) is 56.1 Å². The molecule has 1 radical (unpaired) electrons. The molecule has 2 aromatic heterocycles. The van der Waals surface area contributed by atoms with Gasteiger partial charge in [-0.15, -0.1) is 0 Å². The van der Waals surface area contributed by atoms with Crippen LogP contribution in [0, 0.1) is 0 Å². The molecule has 3 rings (SSSR count). The number of aromatic nitrogens is 2. The third-order valence-corrected chi connectivity index (χ3v) is 3.48. The van der Waals surface area contributed by atoms with Gasteiger partial charge in [0, 0.05) is 33.8 Å². The van der Waals surface area contributed by atoms with Crippen molar-refractivity contribution < 1.29 is 36.9 Å². The second-order valence-electron chi connectivity index (χ2n) is 4.23. The molecule has 25 heavy (non-hydrogen) atoms. The van der Waals surface area contributed by atoms with E-state index in [0.29, 0.717) is 0 Å². The Morgan fingerprint density at radius 2 is 1.12 bits per heavy atom. The Hall–Kier alpha value is -1.54.